The van der Waals surface area contributed by atoms with Gasteiger partial charge in [0.15, 0.2) is 6.61 Å². The number of nitrogens with one attached hydrogen (secondary N) is 1. The molecule has 1 amide bonds. The van der Waals surface area contributed by atoms with E-state index >= 15 is 0 Å². The summed E-state index contributed by atoms with van der Waals surface area (Å²) in [6, 6.07) is 6.81. The van der Waals surface area contributed by atoms with Gasteiger partial charge in [-0.25, -0.2) is 0 Å². The molecule has 0 saturated carbocycles. The lowest BCUT2D eigenvalue weighted by Gasteiger charge is -2.10. The molecular formula is C12H18N2O3S. The number of benzene rings is 1. The van der Waals surface area contributed by atoms with Gasteiger partial charge in [-0.15, -0.1) is 0 Å². The van der Waals surface area contributed by atoms with E-state index in [2.05, 4.69) is 5.32 Å². The van der Waals surface area contributed by atoms with Gasteiger partial charge in [-0.05, 0) is 31.2 Å². The zero-order chi connectivity index (χ0) is 13.5. The Hall–Kier alpha value is -1.56. The van der Waals surface area contributed by atoms with Gasteiger partial charge in [0.1, 0.15) is 5.75 Å². The van der Waals surface area contributed by atoms with Gasteiger partial charge in [0.05, 0.1) is 0 Å². The normalized spacial score (nSPS) is 13.7. The molecule has 0 aliphatic heterocycles. The highest BCUT2D eigenvalue weighted by Crippen LogP contribution is 2.12. The summed E-state index contributed by atoms with van der Waals surface area (Å²) in [6.07, 6.45) is 1.61. The second kappa shape index (κ2) is 7.00. The van der Waals surface area contributed by atoms with Crippen LogP contribution in [0.15, 0.2) is 24.3 Å². The molecule has 3 N–H and O–H groups in total. The van der Waals surface area contributed by atoms with Crippen molar-refractivity contribution in [3.63, 3.8) is 0 Å². The van der Waals surface area contributed by atoms with Crippen molar-refractivity contribution in [2.45, 2.75) is 12.2 Å². The zero-order valence-corrected chi connectivity index (χ0v) is 11.3. The third-order valence-electron chi connectivity index (χ3n) is 2.40. The Morgan fingerprint density at radius 1 is 1.44 bits per heavy atom. The van der Waals surface area contributed by atoms with Gasteiger partial charge < -0.3 is 15.8 Å². The fourth-order valence-electron chi connectivity index (χ4n) is 1.14. The van der Waals surface area contributed by atoms with E-state index in [4.69, 9.17) is 10.5 Å². The topological polar surface area (TPSA) is 81.4 Å². The van der Waals surface area contributed by atoms with Gasteiger partial charge in [-0.1, -0.05) is 0 Å². The van der Waals surface area contributed by atoms with Crippen LogP contribution in [-0.2, 0) is 15.6 Å². The molecule has 0 fully saturated rings. The summed E-state index contributed by atoms with van der Waals surface area (Å²) in [7, 11) is -0.939. The summed E-state index contributed by atoms with van der Waals surface area (Å²) < 4.78 is 16.4. The first kappa shape index (κ1) is 14.5. The van der Waals surface area contributed by atoms with Crippen LogP contribution in [0.1, 0.15) is 6.92 Å². The number of carbonyl (C=O) groups is 1. The smallest absolute Gasteiger partial charge is 0.257 e. The highest BCUT2D eigenvalue weighted by molar-refractivity contribution is 7.84. The van der Waals surface area contributed by atoms with Crippen LogP contribution < -0.4 is 15.8 Å². The second-order valence-corrected chi connectivity index (χ2v) is 5.77. The highest BCUT2D eigenvalue weighted by Gasteiger charge is 2.08. The maximum absolute atomic E-state index is 11.5. The third kappa shape index (κ3) is 5.18. The van der Waals surface area contributed by atoms with Crippen LogP contribution in [0.4, 0.5) is 5.69 Å². The minimum atomic E-state index is -0.939. The van der Waals surface area contributed by atoms with Crippen molar-refractivity contribution in [1.82, 2.24) is 5.32 Å². The standard InChI is InChI=1S/C12H18N2O3S/c1-9(18(2)16)7-14-12(15)8-17-11-5-3-10(13)4-6-11/h3-6,9H,7-8,13H2,1-2H3,(H,14,15). The van der Waals surface area contributed by atoms with Crippen molar-refractivity contribution >= 4 is 22.4 Å². The minimum absolute atomic E-state index is 0.0625. The van der Waals surface area contributed by atoms with Crippen LogP contribution in [0.25, 0.3) is 0 Å². The molecule has 100 valence electrons. The van der Waals surface area contributed by atoms with Gasteiger partial charge in [-0.3, -0.25) is 9.00 Å². The lowest BCUT2D eigenvalue weighted by atomic mass is 10.3. The first-order valence-electron chi connectivity index (χ1n) is 5.56. The number of amides is 1. The Morgan fingerprint density at radius 3 is 2.61 bits per heavy atom. The molecule has 0 bridgehead atoms. The number of nitrogen functional groups attached to an aromatic ring is 1. The van der Waals surface area contributed by atoms with Gasteiger partial charge in [-0.2, -0.15) is 0 Å². The molecule has 0 aliphatic rings. The molecule has 5 nitrogen and oxygen atoms in total. The lowest BCUT2D eigenvalue weighted by molar-refractivity contribution is -0.123. The van der Waals surface area contributed by atoms with E-state index < -0.39 is 10.8 Å². The van der Waals surface area contributed by atoms with Crippen molar-refractivity contribution in [1.29, 1.82) is 0 Å². The van der Waals surface area contributed by atoms with Crippen molar-refractivity contribution in [2.75, 3.05) is 25.1 Å². The third-order valence-corrected chi connectivity index (χ3v) is 3.70. The number of carbonyl (C=O) groups excluding carboxylic acids is 1. The van der Waals surface area contributed by atoms with Gasteiger partial charge in [0.2, 0.25) is 0 Å². The van der Waals surface area contributed by atoms with E-state index in [0.29, 0.717) is 18.0 Å². The van der Waals surface area contributed by atoms with E-state index in [9.17, 15) is 9.00 Å². The molecule has 2 atom stereocenters. The van der Waals surface area contributed by atoms with Gasteiger partial charge in [0, 0.05) is 34.5 Å². The van der Waals surface area contributed by atoms with E-state index in [-0.39, 0.29) is 17.8 Å². The maximum Gasteiger partial charge on any atom is 0.257 e. The van der Waals surface area contributed by atoms with Crippen LogP contribution in [0.3, 0.4) is 0 Å². The summed E-state index contributed by atoms with van der Waals surface area (Å²) in [5.74, 6) is 0.357. The van der Waals surface area contributed by atoms with Gasteiger partial charge in [0.25, 0.3) is 5.91 Å². The molecule has 0 aromatic heterocycles. The number of ether oxygens (including phenoxy) is 1. The second-order valence-electron chi connectivity index (χ2n) is 3.97. The summed E-state index contributed by atoms with van der Waals surface area (Å²) in [5.41, 5.74) is 6.17. The highest BCUT2D eigenvalue weighted by atomic mass is 32.2. The minimum Gasteiger partial charge on any atom is -0.484 e. The summed E-state index contributed by atoms with van der Waals surface area (Å²) in [5, 5.41) is 2.60. The predicted octanol–water partition coefficient (Wildman–Crippen LogP) is 0.531. The largest absolute Gasteiger partial charge is 0.484 e. The SMILES string of the molecule is CC(CNC(=O)COc1ccc(N)cc1)S(C)=O. The fourth-order valence-corrected chi connectivity index (χ4v) is 1.46. The lowest BCUT2D eigenvalue weighted by Crippen LogP contribution is -2.35. The zero-order valence-electron chi connectivity index (χ0n) is 10.5. The van der Waals surface area contributed by atoms with Crippen LogP contribution >= 0.6 is 0 Å². The molecule has 1 aromatic rings. The number of anilines is 1. The molecule has 0 spiro atoms. The predicted molar refractivity (Wildman–Crippen MR) is 72.9 cm³/mol. The van der Waals surface area contributed by atoms with Crippen LogP contribution in [0, 0.1) is 0 Å². The van der Waals surface area contributed by atoms with Gasteiger partial charge >= 0.3 is 0 Å². The number of rotatable bonds is 6. The average molecular weight is 270 g/mol. The molecule has 1 aromatic carbocycles. The molecule has 2 unspecified atom stereocenters. The number of hydrogen-bond donors (Lipinski definition) is 2. The Kier molecular flexibility index (Phi) is 5.64. The Labute approximate surface area is 109 Å². The number of nitrogens with two attached hydrogens (primary N) is 1. The van der Waals surface area contributed by atoms with Crippen LogP contribution in [-0.4, -0.2) is 34.8 Å². The van der Waals surface area contributed by atoms with E-state index in [1.165, 1.54) is 0 Å². The van der Waals surface area contributed by atoms with E-state index in [0.717, 1.165) is 0 Å². The Balaban J connectivity index is 2.29. The maximum atomic E-state index is 11.5. The quantitative estimate of drug-likeness (QED) is 0.739. The molecule has 1 rings (SSSR count). The van der Waals surface area contributed by atoms with Crippen molar-refractivity contribution < 1.29 is 13.7 Å². The van der Waals surface area contributed by atoms with Crippen LogP contribution in [0.5, 0.6) is 5.75 Å². The monoisotopic (exact) mass is 270 g/mol. The molecule has 18 heavy (non-hydrogen) atoms. The molecule has 6 heteroatoms. The summed E-state index contributed by atoms with van der Waals surface area (Å²) in [6.45, 7) is 2.14. The summed E-state index contributed by atoms with van der Waals surface area (Å²) >= 11 is 0. The average Bonchev–Trinajstić information content (AvgIpc) is 2.35. The molecule has 0 radical (unpaired) electrons. The first-order valence-corrected chi connectivity index (χ1v) is 7.18. The number of hydrogen-bond acceptors (Lipinski definition) is 4. The van der Waals surface area contributed by atoms with Crippen molar-refractivity contribution in [3.8, 4) is 5.75 Å². The molecule has 0 heterocycles. The summed E-state index contributed by atoms with van der Waals surface area (Å²) in [4.78, 5) is 11.5. The van der Waals surface area contributed by atoms with Crippen molar-refractivity contribution in [2.24, 2.45) is 0 Å². The van der Waals surface area contributed by atoms with Crippen molar-refractivity contribution in [3.05, 3.63) is 24.3 Å². The Bertz CT molecular complexity index is 420. The van der Waals surface area contributed by atoms with E-state index in [1.807, 2.05) is 6.92 Å². The fraction of sp³-hybridized carbons (Fsp3) is 0.417. The molecular weight excluding hydrogens is 252 g/mol. The molecule has 0 saturated heterocycles. The van der Waals surface area contributed by atoms with E-state index in [1.54, 1.807) is 30.5 Å². The molecule has 0 aliphatic carbocycles. The first-order chi connectivity index (χ1) is 8.49. The Morgan fingerprint density at radius 2 is 2.06 bits per heavy atom. The van der Waals surface area contributed by atoms with Crippen LogP contribution in [0.2, 0.25) is 0 Å².